The molecule has 1 heterocycles. The van der Waals surface area contributed by atoms with Crippen LogP contribution >= 0.6 is 0 Å². The van der Waals surface area contributed by atoms with E-state index in [0.29, 0.717) is 12.2 Å². The molecule has 90 valence electrons. The Morgan fingerprint density at radius 1 is 1.47 bits per heavy atom. The van der Waals surface area contributed by atoms with Crippen LogP contribution in [0.4, 0.5) is 5.69 Å². The van der Waals surface area contributed by atoms with Crippen molar-refractivity contribution in [2.24, 2.45) is 5.73 Å². The van der Waals surface area contributed by atoms with Gasteiger partial charge in [-0.2, -0.15) is 0 Å². The van der Waals surface area contributed by atoms with Crippen molar-refractivity contribution in [3.63, 3.8) is 0 Å². The fourth-order valence-electron chi connectivity index (χ4n) is 1.69. The number of hydrogen-bond acceptors (Lipinski definition) is 3. The molecule has 0 aromatic heterocycles. The maximum atomic E-state index is 11.2. The van der Waals surface area contributed by atoms with Crippen LogP contribution in [0.25, 0.3) is 0 Å². The molecular weight excluding hydrogens is 220 g/mol. The van der Waals surface area contributed by atoms with E-state index >= 15 is 0 Å². The second-order valence-corrected chi connectivity index (χ2v) is 4.03. The van der Waals surface area contributed by atoms with Crippen LogP contribution in [0.2, 0.25) is 0 Å². The SMILES string of the molecule is CC(Oc1ccc2c(c1)NC(=O)CC2)C(N)=O. The van der Waals surface area contributed by atoms with Gasteiger partial charge in [0.25, 0.3) is 5.91 Å². The van der Waals surface area contributed by atoms with Gasteiger partial charge in [-0.15, -0.1) is 0 Å². The molecule has 3 N–H and O–H groups in total. The maximum absolute atomic E-state index is 11.2. The highest BCUT2D eigenvalue weighted by molar-refractivity contribution is 5.94. The molecule has 1 atom stereocenters. The van der Waals surface area contributed by atoms with Gasteiger partial charge in [-0.1, -0.05) is 6.07 Å². The number of nitrogens with two attached hydrogens (primary N) is 1. The highest BCUT2D eigenvalue weighted by Crippen LogP contribution is 2.27. The van der Waals surface area contributed by atoms with Gasteiger partial charge in [0.15, 0.2) is 6.10 Å². The normalized spacial score (nSPS) is 15.7. The Labute approximate surface area is 98.9 Å². The Balaban J connectivity index is 2.18. The number of carbonyl (C=O) groups excluding carboxylic acids is 2. The lowest BCUT2D eigenvalue weighted by Crippen LogP contribution is -2.30. The molecule has 0 saturated carbocycles. The Bertz CT molecular complexity index is 471. The molecule has 0 saturated heterocycles. The molecule has 17 heavy (non-hydrogen) atoms. The third-order valence-corrected chi connectivity index (χ3v) is 2.69. The van der Waals surface area contributed by atoms with Crippen LogP contribution in [0.5, 0.6) is 5.75 Å². The largest absolute Gasteiger partial charge is 0.481 e. The summed E-state index contributed by atoms with van der Waals surface area (Å²) < 4.78 is 5.35. The zero-order valence-electron chi connectivity index (χ0n) is 9.53. The summed E-state index contributed by atoms with van der Waals surface area (Å²) in [6.45, 7) is 1.58. The van der Waals surface area contributed by atoms with Crippen molar-refractivity contribution in [3.05, 3.63) is 23.8 Å². The number of amides is 2. The zero-order valence-corrected chi connectivity index (χ0v) is 9.53. The van der Waals surface area contributed by atoms with Crippen molar-refractivity contribution >= 4 is 17.5 Å². The van der Waals surface area contributed by atoms with Gasteiger partial charge in [-0.25, -0.2) is 0 Å². The lowest BCUT2D eigenvalue weighted by Gasteiger charge is -2.18. The first-order valence-corrected chi connectivity index (χ1v) is 5.45. The number of benzene rings is 1. The van der Waals surface area contributed by atoms with Crippen molar-refractivity contribution in [3.8, 4) is 5.75 Å². The van der Waals surface area contributed by atoms with Gasteiger partial charge in [0.05, 0.1) is 0 Å². The Morgan fingerprint density at radius 2 is 2.24 bits per heavy atom. The second kappa shape index (κ2) is 4.45. The lowest BCUT2D eigenvalue weighted by molar-refractivity contribution is -0.124. The Kier molecular flexibility index (Phi) is 2.99. The predicted octanol–water partition coefficient (Wildman–Crippen LogP) is 0.824. The molecule has 0 aliphatic carbocycles. The Morgan fingerprint density at radius 3 is 2.94 bits per heavy atom. The number of nitrogens with one attached hydrogen (secondary N) is 1. The number of hydrogen-bond donors (Lipinski definition) is 2. The molecule has 2 rings (SSSR count). The molecule has 0 radical (unpaired) electrons. The van der Waals surface area contributed by atoms with Crippen LogP contribution in [-0.2, 0) is 16.0 Å². The van der Waals surface area contributed by atoms with Gasteiger partial charge >= 0.3 is 0 Å². The number of rotatable bonds is 3. The van der Waals surface area contributed by atoms with Crippen LogP contribution in [0, 0.1) is 0 Å². The highest BCUT2D eigenvalue weighted by atomic mass is 16.5. The molecule has 5 heteroatoms. The lowest BCUT2D eigenvalue weighted by atomic mass is 10.0. The summed E-state index contributed by atoms with van der Waals surface area (Å²) in [5, 5.41) is 2.77. The minimum atomic E-state index is -0.688. The van der Waals surface area contributed by atoms with E-state index in [9.17, 15) is 9.59 Å². The molecule has 0 fully saturated rings. The van der Waals surface area contributed by atoms with E-state index in [0.717, 1.165) is 17.7 Å². The smallest absolute Gasteiger partial charge is 0.258 e. The standard InChI is InChI=1S/C12H14N2O3/c1-7(12(13)16)17-9-4-2-8-3-5-11(15)14-10(8)6-9/h2,4,6-7H,3,5H2,1H3,(H2,13,16)(H,14,15). The number of fused-ring (bicyclic) bond motifs is 1. The number of primary amides is 1. The zero-order chi connectivity index (χ0) is 12.4. The summed E-state index contributed by atoms with van der Waals surface area (Å²) in [5.74, 6) is 0.00149. The van der Waals surface area contributed by atoms with Crippen molar-refractivity contribution in [1.29, 1.82) is 0 Å². The maximum Gasteiger partial charge on any atom is 0.258 e. The molecule has 1 aromatic carbocycles. The summed E-state index contributed by atoms with van der Waals surface area (Å²) in [4.78, 5) is 22.1. The van der Waals surface area contributed by atoms with Crippen molar-refractivity contribution in [2.75, 3.05) is 5.32 Å². The van der Waals surface area contributed by atoms with Gasteiger partial charge in [0.2, 0.25) is 5.91 Å². The highest BCUT2D eigenvalue weighted by Gasteiger charge is 2.16. The van der Waals surface area contributed by atoms with Gasteiger partial charge in [-0.3, -0.25) is 9.59 Å². The van der Waals surface area contributed by atoms with Crippen LogP contribution in [-0.4, -0.2) is 17.9 Å². The molecule has 0 spiro atoms. The summed E-state index contributed by atoms with van der Waals surface area (Å²) in [6, 6.07) is 5.37. The molecule has 1 aliphatic rings. The molecule has 0 bridgehead atoms. The van der Waals surface area contributed by atoms with E-state index in [-0.39, 0.29) is 5.91 Å². The minimum Gasteiger partial charge on any atom is -0.481 e. The topological polar surface area (TPSA) is 81.4 Å². The quantitative estimate of drug-likeness (QED) is 0.812. The number of ether oxygens (including phenoxy) is 1. The van der Waals surface area contributed by atoms with Crippen LogP contribution in [0.1, 0.15) is 18.9 Å². The molecular formula is C12H14N2O3. The van der Waals surface area contributed by atoms with Crippen LogP contribution in [0.15, 0.2) is 18.2 Å². The summed E-state index contributed by atoms with van der Waals surface area (Å²) in [6.07, 6.45) is 0.546. The summed E-state index contributed by atoms with van der Waals surface area (Å²) >= 11 is 0. The molecule has 2 amide bonds. The third kappa shape index (κ3) is 2.55. The Hall–Kier alpha value is -2.04. The minimum absolute atomic E-state index is 0.00222. The van der Waals surface area contributed by atoms with Crippen molar-refractivity contribution in [2.45, 2.75) is 25.9 Å². The average Bonchev–Trinajstić information content (AvgIpc) is 2.28. The number of aryl methyl sites for hydroxylation is 1. The first-order chi connectivity index (χ1) is 8.06. The molecule has 1 aliphatic heterocycles. The van der Waals surface area contributed by atoms with E-state index in [1.165, 1.54) is 0 Å². The first kappa shape index (κ1) is 11.4. The van der Waals surface area contributed by atoms with E-state index in [1.807, 2.05) is 6.07 Å². The molecule has 1 aromatic rings. The van der Waals surface area contributed by atoms with E-state index in [2.05, 4.69) is 5.32 Å². The summed E-state index contributed by atoms with van der Waals surface area (Å²) in [5.41, 5.74) is 6.93. The van der Waals surface area contributed by atoms with E-state index in [4.69, 9.17) is 10.5 Å². The predicted molar refractivity (Wildman–Crippen MR) is 62.7 cm³/mol. The van der Waals surface area contributed by atoms with Gasteiger partial charge in [0.1, 0.15) is 5.75 Å². The fraction of sp³-hybridized carbons (Fsp3) is 0.333. The van der Waals surface area contributed by atoms with E-state index in [1.54, 1.807) is 19.1 Å². The summed E-state index contributed by atoms with van der Waals surface area (Å²) in [7, 11) is 0. The number of carbonyl (C=O) groups is 2. The monoisotopic (exact) mass is 234 g/mol. The van der Waals surface area contributed by atoms with Gasteiger partial charge < -0.3 is 15.8 Å². The van der Waals surface area contributed by atoms with Crippen LogP contribution < -0.4 is 15.8 Å². The third-order valence-electron chi connectivity index (χ3n) is 2.69. The number of anilines is 1. The molecule has 5 nitrogen and oxygen atoms in total. The van der Waals surface area contributed by atoms with Gasteiger partial charge in [-0.05, 0) is 25.0 Å². The van der Waals surface area contributed by atoms with Gasteiger partial charge in [0, 0.05) is 18.2 Å². The first-order valence-electron chi connectivity index (χ1n) is 5.45. The fourth-order valence-corrected chi connectivity index (χ4v) is 1.69. The average molecular weight is 234 g/mol. The second-order valence-electron chi connectivity index (χ2n) is 4.03. The van der Waals surface area contributed by atoms with Crippen LogP contribution in [0.3, 0.4) is 0 Å². The van der Waals surface area contributed by atoms with Crippen molar-refractivity contribution < 1.29 is 14.3 Å². The van der Waals surface area contributed by atoms with Crippen molar-refractivity contribution in [1.82, 2.24) is 0 Å². The molecule has 1 unspecified atom stereocenters. The van der Waals surface area contributed by atoms with E-state index < -0.39 is 12.0 Å².